The van der Waals surface area contributed by atoms with E-state index in [9.17, 15) is 4.79 Å². The van der Waals surface area contributed by atoms with Crippen molar-refractivity contribution in [3.63, 3.8) is 0 Å². The molecule has 2 heteroatoms. The number of carbonyl (C=O) groups is 1. The molecule has 2 nitrogen and oxygen atoms in total. The molecule has 7 aromatic carbocycles. The van der Waals surface area contributed by atoms with Gasteiger partial charge >= 0.3 is 0 Å². The van der Waals surface area contributed by atoms with Crippen LogP contribution >= 0.6 is 0 Å². The normalized spacial score (nSPS) is 11.6. The summed E-state index contributed by atoms with van der Waals surface area (Å²) in [5.41, 5.74) is 13.0. The summed E-state index contributed by atoms with van der Waals surface area (Å²) >= 11 is 0. The van der Waals surface area contributed by atoms with Crippen molar-refractivity contribution in [2.24, 2.45) is 0 Å². The van der Waals surface area contributed by atoms with E-state index in [0.717, 1.165) is 72.7 Å². The molecule has 0 spiro atoms. The first-order valence-corrected chi connectivity index (χ1v) is 15.2. The molecule has 0 saturated carbocycles. The Hall–Kier alpha value is -5.99. The molecule has 0 fully saturated rings. The quantitative estimate of drug-likeness (QED) is 0.197. The fraction of sp³-hybridized carbons (Fsp3) is 0. The molecule has 0 N–H and O–H groups in total. The number of hydrogen-bond donors (Lipinski definition) is 0. The van der Waals surface area contributed by atoms with Crippen LogP contribution in [0.5, 0.6) is 0 Å². The van der Waals surface area contributed by atoms with Gasteiger partial charge in [0.25, 0.3) is 0 Å². The van der Waals surface area contributed by atoms with Gasteiger partial charge in [0.2, 0.25) is 0 Å². The smallest absolute Gasteiger partial charge is 0.196 e. The lowest BCUT2D eigenvalue weighted by atomic mass is 9.95. The van der Waals surface area contributed by atoms with Gasteiger partial charge in [-0.05, 0) is 69.3 Å². The molecule has 1 aliphatic rings. The molecule has 0 heterocycles. The lowest BCUT2D eigenvalue weighted by Crippen LogP contribution is -2.15. The highest BCUT2D eigenvalue weighted by Crippen LogP contribution is 2.48. The van der Waals surface area contributed by atoms with E-state index in [1.165, 1.54) is 0 Å². The summed E-state index contributed by atoms with van der Waals surface area (Å²) < 4.78 is 0. The van der Waals surface area contributed by atoms with E-state index in [4.69, 9.17) is 0 Å². The van der Waals surface area contributed by atoms with Gasteiger partial charge in [-0.3, -0.25) is 4.79 Å². The van der Waals surface area contributed by atoms with Crippen molar-refractivity contribution in [2.45, 2.75) is 0 Å². The molecule has 212 valence electrons. The van der Waals surface area contributed by atoms with E-state index in [2.05, 4.69) is 138 Å². The molecule has 0 radical (unpaired) electrons. The standard InChI is InChI=1S/C43H29NO/c45-43-38-23-11-10-22-36(38)37-24-13-25-41(42(37)43)44(35-21-12-20-33(28-35)30-14-4-1-5-15-30)40-27-26-34(31-16-6-2-7-17-31)29-39(40)32-18-8-3-9-19-32/h1-29H. The third kappa shape index (κ3) is 4.74. The van der Waals surface area contributed by atoms with Gasteiger partial charge in [-0.2, -0.15) is 0 Å². The number of fused-ring (bicyclic) bond motifs is 3. The van der Waals surface area contributed by atoms with Crippen molar-refractivity contribution < 1.29 is 4.79 Å². The molecule has 0 bridgehead atoms. The summed E-state index contributed by atoms with van der Waals surface area (Å²) in [5.74, 6) is 0.0579. The number of hydrogen-bond acceptors (Lipinski definition) is 2. The van der Waals surface area contributed by atoms with Crippen LogP contribution < -0.4 is 4.90 Å². The second-order valence-corrected chi connectivity index (χ2v) is 11.3. The summed E-state index contributed by atoms with van der Waals surface area (Å²) in [7, 11) is 0. The van der Waals surface area contributed by atoms with Crippen molar-refractivity contribution in [1.29, 1.82) is 0 Å². The molecule has 0 saturated heterocycles. The zero-order valence-corrected chi connectivity index (χ0v) is 24.6. The lowest BCUT2D eigenvalue weighted by molar-refractivity contribution is 0.104. The average molecular weight is 576 g/mol. The molecule has 0 aliphatic heterocycles. The van der Waals surface area contributed by atoms with Crippen LogP contribution in [-0.2, 0) is 0 Å². The van der Waals surface area contributed by atoms with Gasteiger partial charge in [0.15, 0.2) is 5.78 Å². The van der Waals surface area contributed by atoms with Crippen LogP contribution in [0.15, 0.2) is 176 Å². The van der Waals surface area contributed by atoms with Gasteiger partial charge in [0.05, 0.1) is 16.9 Å². The first-order chi connectivity index (χ1) is 22.3. The topological polar surface area (TPSA) is 20.3 Å². The molecule has 0 aromatic heterocycles. The van der Waals surface area contributed by atoms with Gasteiger partial charge in [0, 0.05) is 16.8 Å². The van der Waals surface area contributed by atoms with Crippen LogP contribution in [0, 0.1) is 0 Å². The van der Waals surface area contributed by atoms with Gasteiger partial charge < -0.3 is 4.90 Å². The highest BCUT2D eigenvalue weighted by Gasteiger charge is 2.32. The Balaban J connectivity index is 1.40. The number of benzene rings is 7. The minimum Gasteiger partial charge on any atom is -0.309 e. The maximum atomic E-state index is 14.1. The first kappa shape index (κ1) is 26.6. The van der Waals surface area contributed by atoms with Crippen LogP contribution in [0.4, 0.5) is 17.1 Å². The zero-order valence-electron chi connectivity index (χ0n) is 24.6. The summed E-state index contributed by atoms with van der Waals surface area (Å²) in [6.45, 7) is 0. The third-order valence-electron chi connectivity index (χ3n) is 8.61. The minimum absolute atomic E-state index is 0.0579. The molecule has 45 heavy (non-hydrogen) atoms. The van der Waals surface area contributed by atoms with Crippen LogP contribution in [0.3, 0.4) is 0 Å². The summed E-state index contributed by atoms with van der Waals surface area (Å²) in [4.78, 5) is 16.4. The maximum Gasteiger partial charge on any atom is 0.196 e. The van der Waals surface area contributed by atoms with Crippen LogP contribution in [0.2, 0.25) is 0 Å². The molecule has 0 atom stereocenters. The minimum atomic E-state index is 0.0579. The second kappa shape index (κ2) is 11.3. The number of nitrogens with zero attached hydrogens (tertiary/aromatic N) is 1. The summed E-state index contributed by atoms with van der Waals surface area (Å²) in [5, 5.41) is 0. The molecular weight excluding hydrogens is 546 g/mol. The molecular formula is C43H29NO. The Labute approximate surface area is 263 Å². The number of rotatable bonds is 6. The summed E-state index contributed by atoms with van der Waals surface area (Å²) in [6, 6.07) is 60.8. The highest BCUT2D eigenvalue weighted by atomic mass is 16.1. The van der Waals surface area contributed by atoms with E-state index < -0.39 is 0 Å². The number of anilines is 3. The van der Waals surface area contributed by atoms with Crippen LogP contribution in [-0.4, -0.2) is 5.78 Å². The van der Waals surface area contributed by atoms with Crippen LogP contribution in [0.1, 0.15) is 15.9 Å². The van der Waals surface area contributed by atoms with Crippen molar-refractivity contribution in [3.8, 4) is 44.5 Å². The van der Waals surface area contributed by atoms with E-state index in [0.29, 0.717) is 0 Å². The molecule has 8 rings (SSSR count). The highest BCUT2D eigenvalue weighted by molar-refractivity contribution is 6.25. The monoisotopic (exact) mass is 575 g/mol. The molecule has 0 amide bonds. The van der Waals surface area contributed by atoms with E-state index in [-0.39, 0.29) is 5.78 Å². The predicted octanol–water partition coefficient (Wildman–Crippen LogP) is 11.4. The van der Waals surface area contributed by atoms with Gasteiger partial charge in [-0.15, -0.1) is 0 Å². The van der Waals surface area contributed by atoms with Crippen LogP contribution in [0.25, 0.3) is 44.5 Å². The molecule has 0 unspecified atom stereocenters. The summed E-state index contributed by atoms with van der Waals surface area (Å²) in [6.07, 6.45) is 0. The van der Waals surface area contributed by atoms with Gasteiger partial charge in [0.1, 0.15) is 0 Å². The van der Waals surface area contributed by atoms with E-state index >= 15 is 0 Å². The number of carbonyl (C=O) groups excluding carboxylic acids is 1. The Kier molecular flexibility index (Phi) is 6.66. The van der Waals surface area contributed by atoms with Crippen molar-refractivity contribution >= 4 is 22.8 Å². The first-order valence-electron chi connectivity index (χ1n) is 15.2. The zero-order chi connectivity index (χ0) is 30.2. The number of ketones is 1. The Morgan fingerprint density at radius 3 is 1.56 bits per heavy atom. The molecule has 7 aromatic rings. The fourth-order valence-electron chi connectivity index (χ4n) is 6.49. The van der Waals surface area contributed by atoms with Crippen molar-refractivity contribution in [1.82, 2.24) is 0 Å². The Morgan fingerprint density at radius 2 is 0.867 bits per heavy atom. The van der Waals surface area contributed by atoms with E-state index in [1.54, 1.807) is 0 Å². The maximum absolute atomic E-state index is 14.1. The largest absolute Gasteiger partial charge is 0.309 e. The SMILES string of the molecule is O=C1c2ccccc2-c2cccc(N(c3cccc(-c4ccccc4)c3)c3ccc(-c4ccccc4)cc3-c3ccccc3)c21. The fourth-order valence-corrected chi connectivity index (χ4v) is 6.49. The Morgan fingerprint density at radius 1 is 0.333 bits per heavy atom. The van der Waals surface area contributed by atoms with Gasteiger partial charge in [-0.1, -0.05) is 146 Å². The lowest BCUT2D eigenvalue weighted by Gasteiger charge is -2.30. The second-order valence-electron chi connectivity index (χ2n) is 11.3. The van der Waals surface area contributed by atoms with Crippen molar-refractivity contribution in [2.75, 3.05) is 4.90 Å². The van der Waals surface area contributed by atoms with E-state index in [1.807, 2.05) is 42.5 Å². The molecule has 1 aliphatic carbocycles. The third-order valence-corrected chi connectivity index (χ3v) is 8.61. The van der Waals surface area contributed by atoms with Crippen molar-refractivity contribution in [3.05, 3.63) is 187 Å². The average Bonchev–Trinajstić information content (AvgIpc) is 3.42. The predicted molar refractivity (Wildman–Crippen MR) is 186 cm³/mol. The van der Waals surface area contributed by atoms with Gasteiger partial charge in [-0.25, -0.2) is 0 Å². The Bertz CT molecular complexity index is 2170.